The zero-order chi connectivity index (χ0) is 34.6. The van der Waals surface area contributed by atoms with E-state index in [9.17, 15) is 14.0 Å². The molecule has 0 unspecified atom stereocenters. The first-order valence-electron chi connectivity index (χ1n) is 15.5. The van der Waals surface area contributed by atoms with E-state index in [1.165, 1.54) is 17.7 Å². The molecule has 3 amide bonds. The number of anilines is 3. The summed E-state index contributed by atoms with van der Waals surface area (Å²) >= 11 is 5.90. The number of nitrogens with zero attached hydrogens (tertiary/aromatic N) is 3. The quantitative estimate of drug-likeness (QED) is 0.141. The van der Waals surface area contributed by atoms with Gasteiger partial charge in [0, 0.05) is 22.1 Å². The summed E-state index contributed by atoms with van der Waals surface area (Å²) in [5, 5.41) is 8.82. The SMILES string of the molecule is NC1=N[C@@H](CCc2ccc(NC(=O)Nc3cccc(Cl)c3)cc2)CO1.NC1=N[C@@H](CCc2ccc(NC(=O)c3ccc(F)cn3)cc2)CO1. The second-order valence-corrected chi connectivity index (χ2v) is 11.7. The largest absolute Gasteiger partial charge is 0.463 e. The number of amides is 3. The Kier molecular flexibility index (Phi) is 12.0. The molecule has 2 aliphatic heterocycles. The van der Waals surface area contributed by atoms with Crippen molar-refractivity contribution in [3.8, 4) is 0 Å². The second-order valence-electron chi connectivity index (χ2n) is 11.2. The first kappa shape index (κ1) is 34.6. The molecule has 254 valence electrons. The Balaban J connectivity index is 0.000000191. The van der Waals surface area contributed by atoms with Crippen molar-refractivity contribution in [2.24, 2.45) is 21.5 Å². The lowest BCUT2D eigenvalue weighted by Gasteiger charge is -2.09. The number of nitrogens with two attached hydrogens (primary N) is 2. The molecule has 2 aliphatic rings. The lowest BCUT2D eigenvalue weighted by atomic mass is 10.1. The van der Waals surface area contributed by atoms with Crippen LogP contribution in [0, 0.1) is 5.82 Å². The highest BCUT2D eigenvalue weighted by molar-refractivity contribution is 6.30. The number of nitrogens with one attached hydrogen (secondary N) is 3. The van der Waals surface area contributed by atoms with Crippen molar-refractivity contribution in [2.75, 3.05) is 29.2 Å². The van der Waals surface area contributed by atoms with Crippen molar-refractivity contribution < 1.29 is 23.5 Å². The number of hydrogen-bond donors (Lipinski definition) is 5. The Hall–Kier alpha value is -5.69. The number of halogens is 2. The number of ether oxygens (including phenoxy) is 2. The van der Waals surface area contributed by atoms with Gasteiger partial charge in [0.1, 0.15) is 24.7 Å². The van der Waals surface area contributed by atoms with Gasteiger partial charge in [0.2, 0.25) is 0 Å². The molecule has 0 bridgehead atoms. The van der Waals surface area contributed by atoms with Gasteiger partial charge >= 0.3 is 6.03 Å². The smallest absolute Gasteiger partial charge is 0.323 e. The Bertz CT molecular complexity index is 1790. The van der Waals surface area contributed by atoms with E-state index >= 15 is 0 Å². The number of carbonyl (C=O) groups excluding carboxylic acids is 2. The van der Waals surface area contributed by atoms with E-state index in [1.54, 1.807) is 24.3 Å². The third kappa shape index (κ3) is 11.2. The lowest BCUT2D eigenvalue weighted by molar-refractivity contribution is 0.102. The van der Waals surface area contributed by atoms with Gasteiger partial charge in [0.25, 0.3) is 18.0 Å². The van der Waals surface area contributed by atoms with Crippen LogP contribution in [0.1, 0.15) is 34.5 Å². The standard InChI is InChI=1S/C18H19ClN4O2.C17H17FN4O2/c19-13-2-1-3-15(10-13)23-18(24)22-14-7-4-12(5-8-14)6-9-16-11-25-17(20)21-16;18-12-4-8-15(20-9-12)16(23)21-13-5-1-11(2-6-13)3-7-14-10-24-17(19)22-14/h1-5,7-8,10,16H,6,9,11H2,(H2,20,21)(H2,22,23,24);1-2,4-6,8-9,14H,3,7,10H2,(H2,19,22)(H,21,23)/t16-;14-/m00/s1. The Morgan fingerprint density at radius 2 is 1.31 bits per heavy atom. The monoisotopic (exact) mass is 686 g/mol. The molecule has 1 aromatic heterocycles. The first-order chi connectivity index (χ1) is 23.7. The summed E-state index contributed by atoms with van der Waals surface area (Å²) in [6, 6.07) is 25.2. The van der Waals surface area contributed by atoms with Crippen LogP contribution < -0.4 is 27.4 Å². The number of benzene rings is 3. The fraction of sp³-hybridized carbons (Fsp3) is 0.229. The minimum atomic E-state index is -0.477. The molecule has 0 spiro atoms. The van der Waals surface area contributed by atoms with E-state index in [-0.39, 0.29) is 41.8 Å². The maximum Gasteiger partial charge on any atom is 0.323 e. The predicted molar refractivity (Wildman–Crippen MR) is 188 cm³/mol. The Morgan fingerprint density at radius 3 is 1.80 bits per heavy atom. The normalized spacial score (nSPS) is 16.2. The zero-order valence-electron chi connectivity index (χ0n) is 26.4. The number of urea groups is 1. The molecule has 4 aromatic rings. The molecule has 2 atom stereocenters. The van der Waals surface area contributed by atoms with Crippen molar-refractivity contribution in [1.29, 1.82) is 0 Å². The third-order valence-electron chi connectivity index (χ3n) is 7.47. The molecule has 0 fully saturated rings. The number of rotatable bonds is 10. The highest BCUT2D eigenvalue weighted by Crippen LogP contribution is 2.18. The second kappa shape index (κ2) is 16.9. The molecule has 0 saturated heterocycles. The average Bonchev–Trinajstić information content (AvgIpc) is 3.71. The Morgan fingerprint density at radius 1 is 0.755 bits per heavy atom. The number of carbonyl (C=O) groups is 2. The van der Waals surface area contributed by atoms with E-state index in [4.69, 9.17) is 32.5 Å². The number of aryl methyl sites for hydroxylation is 2. The summed E-state index contributed by atoms with van der Waals surface area (Å²) in [5.41, 5.74) is 15.5. The number of aromatic nitrogens is 1. The summed E-state index contributed by atoms with van der Waals surface area (Å²) in [6.45, 7) is 1.08. The molecule has 0 aliphatic carbocycles. The summed E-state index contributed by atoms with van der Waals surface area (Å²) in [6.07, 6.45) is 4.47. The van der Waals surface area contributed by atoms with Crippen molar-refractivity contribution in [1.82, 2.24) is 4.98 Å². The summed E-state index contributed by atoms with van der Waals surface area (Å²) in [4.78, 5) is 36.1. The van der Waals surface area contributed by atoms with Crippen LogP contribution in [-0.4, -0.2) is 54.3 Å². The first-order valence-corrected chi connectivity index (χ1v) is 15.9. The van der Waals surface area contributed by atoms with Gasteiger partial charge in [-0.25, -0.2) is 24.2 Å². The van der Waals surface area contributed by atoms with Crippen LogP contribution in [0.2, 0.25) is 5.02 Å². The van der Waals surface area contributed by atoms with Gasteiger partial charge in [-0.1, -0.05) is 41.9 Å². The van der Waals surface area contributed by atoms with Crippen molar-refractivity contribution in [2.45, 2.75) is 37.8 Å². The molecule has 14 heteroatoms. The van der Waals surface area contributed by atoms with Crippen molar-refractivity contribution in [3.05, 3.63) is 119 Å². The van der Waals surface area contributed by atoms with Gasteiger partial charge in [0.05, 0.1) is 18.3 Å². The Labute approximate surface area is 287 Å². The third-order valence-corrected chi connectivity index (χ3v) is 7.70. The minimum absolute atomic E-state index is 0.105. The molecule has 0 saturated carbocycles. The number of aliphatic imine (C=N–C) groups is 2. The van der Waals surface area contributed by atoms with Crippen LogP contribution >= 0.6 is 11.6 Å². The molecule has 12 nitrogen and oxygen atoms in total. The molecular weight excluding hydrogens is 651 g/mol. The van der Waals surface area contributed by atoms with Gasteiger partial charge < -0.3 is 36.9 Å². The highest BCUT2D eigenvalue weighted by atomic mass is 35.5. The van der Waals surface area contributed by atoms with Crippen molar-refractivity contribution in [3.63, 3.8) is 0 Å². The fourth-order valence-corrected chi connectivity index (χ4v) is 5.10. The predicted octanol–water partition coefficient (Wildman–Crippen LogP) is 5.75. The van der Waals surface area contributed by atoms with Crippen LogP contribution in [0.25, 0.3) is 0 Å². The molecule has 49 heavy (non-hydrogen) atoms. The van der Waals surface area contributed by atoms with Gasteiger partial charge in [-0.2, -0.15) is 0 Å². The van der Waals surface area contributed by atoms with Crippen LogP contribution in [-0.2, 0) is 22.3 Å². The maximum absolute atomic E-state index is 12.8. The fourth-order valence-electron chi connectivity index (χ4n) is 4.91. The van der Waals surface area contributed by atoms with Crippen LogP contribution in [0.4, 0.5) is 26.2 Å². The summed E-state index contributed by atoms with van der Waals surface area (Å²) in [5.74, 6) is -0.856. The van der Waals surface area contributed by atoms with E-state index in [0.717, 1.165) is 43.1 Å². The molecule has 0 radical (unpaired) electrons. The van der Waals surface area contributed by atoms with E-state index in [2.05, 4.69) is 30.9 Å². The van der Waals surface area contributed by atoms with Crippen LogP contribution in [0.15, 0.2) is 101 Å². The van der Waals surface area contributed by atoms with Gasteiger partial charge in [-0.15, -0.1) is 0 Å². The number of amidine groups is 2. The zero-order valence-corrected chi connectivity index (χ0v) is 27.2. The molecule has 7 N–H and O–H groups in total. The van der Waals surface area contributed by atoms with Crippen molar-refractivity contribution >= 4 is 52.6 Å². The lowest BCUT2D eigenvalue weighted by Crippen LogP contribution is -2.19. The summed E-state index contributed by atoms with van der Waals surface area (Å²) < 4.78 is 23.1. The molecule has 6 rings (SSSR count). The highest BCUT2D eigenvalue weighted by Gasteiger charge is 2.17. The van der Waals surface area contributed by atoms with Gasteiger partial charge in [-0.3, -0.25) is 4.79 Å². The van der Waals surface area contributed by atoms with E-state index < -0.39 is 5.82 Å². The van der Waals surface area contributed by atoms with Crippen LogP contribution in [0.5, 0.6) is 0 Å². The van der Waals surface area contributed by atoms with Gasteiger partial charge in [-0.05, 0) is 91.4 Å². The van der Waals surface area contributed by atoms with E-state index in [0.29, 0.717) is 29.6 Å². The average molecular weight is 687 g/mol. The maximum atomic E-state index is 12.8. The van der Waals surface area contributed by atoms with Gasteiger partial charge in [0.15, 0.2) is 0 Å². The number of pyridine rings is 1. The van der Waals surface area contributed by atoms with E-state index in [1.807, 2.05) is 48.5 Å². The summed E-state index contributed by atoms with van der Waals surface area (Å²) in [7, 11) is 0. The molecule has 3 aromatic carbocycles. The molecular formula is C35H36ClFN8O4. The number of hydrogen-bond acceptors (Lipinski definition) is 9. The minimum Gasteiger partial charge on any atom is -0.463 e. The molecule has 3 heterocycles. The van der Waals surface area contributed by atoms with Crippen LogP contribution in [0.3, 0.4) is 0 Å². The topological polar surface area (TPSA) is 178 Å².